The van der Waals surface area contributed by atoms with E-state index >= 15 is 0 Å². The maximum absolute atomic E-state index is 13.1. The first-order valence-electron chi connectivity index (χ1n) is 5.97. The molecule has 18 heavy (non-hydrogen) atoms. The monoisotopic (exact) mass is 262 g/mol. The Hall–Kier alpha value is -1.55. The summed E-state index contributed by atoms with van der Waals surface area (Å²) >= 11 is 5.17. The summed E-state index contributed by atoms with van der Waals surface area (Å²) in [5.74, 6) is 0.654. The van der Waals surface area contributed by atoms with E-state index in [2.05, 4.69) is 16.9 Å². The van der Waals surface area contributed by atoms with E-state index in [0.29, 0.717) is 4.64 Å². The summed E-state index contributed by atoms with van der Waals surface area (Å²) in [4.78, 5) is 7.54. The first-order valence-corrected chi connectivity index (χ1v) is 6.37. The molecule has 0 aliphatic carbocycles. The van der Waals surface area contributed by atoms with Gasteiger partial charge in [-0.1, -0.05) is 19.1 Å². The van der Waals surface area contributed by atoms with Crippen LogP contribution in [-0.4, -0.2) is 9.97 Å². The lowest BCUT2D eigenvalue weighted by molar-refractivity contribution is 0.627. The van der Waals surface area contributed by atoms with Gasteiger partial charge in [0.2, 0.25) is 0 Å². The van der Waals surface area contributed by atoms with Crippen LogP contribution in [0, 0.1) is 17.4 Å². The van der Waals surface area contributed by atoms with Gasteiger partial charge in [-0.05, 0) is 43.2 Å². The highest BCUT2D eigenvalue weighted by atomic mass is 32.1. The van der Waals surface area contributed by atoms with Crippen molar-refractivity contribution in [3.63, 3.8) is 0 Å². The van der Waals surface area contributed by atoms with Gasteiger partial charge >= 0.3 is 0 Å². The zero-order chi connectivity index (χ0) is 13.1. The second kappa shape index (κ2) is 5.40. The highest BCUT2D eigenvalue weighted by molar-refractivity contribution is 7.71. The number of halogens is 1. The first-order chi connectivity index (χ1) is 8.60. The van der Waals surface area contributed by atoms with Gasteiger partial charge in [0.1, 0.15) is 16.3 Å². The fourth-order valence-electron chi connectivity index (χ4n) is 1.94. The van der Waals surface area contributed by atoms with E-state index < -0.39 is 0 Å². The average Bonchev–Trinajstić information content (AvgIpc) is 2.28. The zero-order valence-corrected chi connectivity index (χ0v) is 11.3. The second-order valence-electron chi connectivity index (χ2n) is 4.29. The second-order valence-corrected chi connectivity index (χ2v) is 4.71. The number of aryl methyl sites for hydroxylation is 2. The van der Waals surface area contributed by atoms with Crippen molar-refractivity contribution in [3.05, 3.63) is 46.1 Å². The Balaban J connectivity index is 2.53. The van der Waals surface area contributed by atoms with Crippen LogP contribution in [0.1, 0.15) is 24.7 Å². The largest absolute Gasteiger partial charge is 0.343 e. The van der Waals surface area contributed by atoms with Crippen molar-refractivity contribution in [1.29, 1.82) is 0 Å². The van der Waals surface area contributed by atoms with Crippen molar-refractivity contribution in [3.8, 4) is 11.3 Å². The number of hydrogen-bond acceptors (Lipinski definition) is 2. The van der Waals surface area contributed by atoms with Crippen molar-refractivity contribution < 1.29 is 4.39 Å². The smallest absolute Gasteiger partial charge is 0.130 e. The predicted octanol–water partition coefficient (Wildman–Crippen LogP) is 4.21. The molecule has 0 saturated carbocycles. The van der Waals surface area contributed by atoms with Crippen LogP contribution in [-0.2, 0) is 6.42 Å². The van der Waals surface area contributed by atoms with Crippen molar-refractivity contribution >= 4 is 12.2 Å². The molecule has 0 fully saturated rings. The molecule has 0 bridgehead atoms. The normalized spacial score (nSPS) is 10.6. The summed E-state index contributed by atoms with van der Waals surface area (Å²) in [6, 6.07) is 6.56. The molecule has 94 valence electrons. The number of rotatable bonds is 3. The van der Waals surface area contributed by atoms with Gasteiger partial charge in [-0.3, -0.25) is 0 Å². The summed E-state index contributed by atoms with van der Waals surface area (Å²) in [5.41, 5.74) is 2.74. The standard InChI is InChI=1S/C14H15FN2S/c1-3-4-13-16-12(8-14(18)17-13)11-6-5-10(15)7-9(11)2/h5-8H,3-4H2,1-2H3,(H,16,17,18). The molecule has 0 spiro atoms. The first kappa shape index (κ1) is 12.9. The van der Waals surface area contributed by atoms with Crippen molar-refractivity contribution in [2.75, 3.05) is 0 Å². The van der Waals surface area contributed by atoms with Gasteiger partial charge in [0, 0.05) is 17.7 Å². The van der Waals surface area contributed by atoms with Crippen LogP contribution in [0.25, 0.3) is 11.3 Å². The van der Waals surface area contributed by atoms with Crippen LogP contribution in [0.2, 0.25) is 0 Å². The van der Waals surface area contributed by atoms with Crippen LogP contribution < -0.4 is 0 Å². The number of nitrogens with zero attached hydrogens (tertiary/aromatic N) is 1. The Morgan fingerprint density at radius 1 is 1.33 bits per heavy atom. The molecule has 0 atom stereocenters. The molecule has 0 radical (unpaired) electrons. The third-order valence-electron chi connectivity index (χ3n) is 2.76. The van der Waals surface area contributed by atoms with Gasteiger partial charge in [0.25, 0.3) is 0 Å². The van der Waals surface area contributed by atoms with E-state index in [0.717, 1.165) is 35.5 Å². The van der Waals surface area contributed by atoms with Crippen molar-refractivity contribution in [1.82, 2.24) is 9.97 Å². The Bertz CT molecular complexity index is 619. The van der Waals surface area contributed by atoms with Crippen molar-refractivity contribution in [2.45, 2.75) is 26.7 Å². The zero-order valence-electron chi connectivity index (χ0n) is 10.5. The van der Waals surface area contributed by atoms with E-state index in [1.54, 1.807) is 6.07 Å². The molecule has 0 aliphatic heterocycles. The molecule has 1 N–H and O–H groups in total. The van der Waals surface area contributed by atoms with E-state index in [1.165, 1.54) is 12.1 Å². The van der Waals surface area contributed by atoms with Crippen LogP contribution >= 0.6 is 12.2 Å². The average molecular weight is 262 g/mol. The van der Waals surface area contributed by atoms with Gasteiger partial charge < -0.3 is 4.98 Å². The molecular formula is C14H15FN2S. The molecule has 0 saturated heterocycles. The summed E-state index contributed by atoms with van der Waals surface area (Å²) in [5, 5.41) is 0. The van der Waals surface area contributed by atoms with E-state index in [1.807, 2.05) is 13.0 Å². The molecule has 2 rings (SSSR count). The maximum atomic E-state index is 13.1. The molecule has 1 aromatic carbocycles. The third-order valence-corrected chi connectivity index (χ3v) is 2.97. The summed E-state index contributed by atoms with van der Waals surface area (Å²) in [6.07, 6.45) is 1.86. The van der Waals surface area contributed by atoms with Crippen LogP contribution in [0.4, 0.5) is 4.39 Å². The van der Waals surface area contributed by atoms with Crippen LogP contribution in [0.5, 0.6) is 0 Å². The number of nitrogens with one attached hydrogen (secondary N) is 1. The lowest BCUT2D eigenvalue weighted by atomic mass is 10.1. The lowest BCUT2D eigenvalue weighted by Gasteiger charge is -2.08. The number of aromatic nitrogens is 2. The molecule has 1 heterocycles. The van der Waals surface area contributed by atoms with E-state index in [9.17, 15) is 4.39 Å². The quantitative estimate of drug-likeness (QED) is 0.839. The fraction of sp³-hybridized carbons (Fsp3) is 0.286. The Kier molecular flexibility index (Phi) is 3.87. The molecule has 1 aromatic heterocycles. The van der Waals surface area contributed by atoms with E-state index in [4.69, 9.17) is 12.2 Å². The highest BCUT2D eigenvalue weighted by Gasteiger charge is 2.05. The minimum Gasteiger partial charge on any atom is -0.343 e. The van der Waals surface area contributed by atoms with Gasteiger partial charge in [-0.25, -0.2) is 9.37 Å². The molecule has 0 amide bonds. The lowest BCUT2D eigenvalue weighted by Crippen LogP contribution is -1.98. The molecule has 2 aromatic rings. The topological polar surface area (TPSA) is 28.7 Å². The van der Waals surface area contributed by atoms with E-state index in [-0.39, 0.29) is 5.82 Å². The Labute approximate surface area is 111 Å². The summed E-state index contributed by atoms with van der Waals surface area (Å²) in [6.45, 7) is 3.98. The van der Waals surface area contributed by atoms with Gasteiger partial charge in [-0.15, -0.1) is 0 Å². The maximum Gasteiger partial charge on any atom is 0.130 e. The van der Waals surface area contributed by atoms with Gasteiger partial charge in [0.15, 0.2) is 0 Å². The van der Waals surface area contributed by atoms with Gasteiger partial charge in [-0.2, -0.15) is 0 Å². The number of H-pyrrole nitrogens is 1. The van der Waals surface area contributed by atoms with Crippen LogP contribution in [0.15, 0.2) is 24.3 Å². The number of hydrogen-bond donors (Lipinski definition) is 1. The minimum atomic E-state index is -0.224. The fourth-order valence-corrected chi connectivity index (χ4v) is 2.17. The van der Waals surface area contributed by atoms with Crippen LogP contribution in [0.3, 0.4) is 0 Å². The molecule has 4 heteroatoms. The Morgan fingerprint density at radius 2 is 2.11 bits per heavy atom. The predicted molar refractivity (Wildman–Crippen MR) is 73.5 cm³/mol. The number of aromatic amines is 1. The minimum absolute atomic E-state index is 0.224. The third kappa shape index (κ3) is 2.82. The summed E-state index contributed by atoms with van der Waals surface area (Å²) < 4.78 is 13.7. The van der Waals surface area contributed by atoms with Crippen molar-refractivity contribution in [2.24, 2.45) is 0 Å². The molecule has 0 unspecified atom stereocenters. The molecule has 0 aliphatic rings. The molecular weight excluding hydrogens is 247 g/mol. The Morgan fingerprint density at radius 3 is 2.78 bits per heavy atom. The molecule has 2 nitrogen and oxygen atoms in total. The SMILES string of the molecule is CCCc1nc(=S)cc(-c2ccc(F)cc2C)[nH]1. The van der Waals surface area contributed by atoms with Gasteiger partial charge in [0.05, 0.1) is 0 Å². The highest BCUT2D eigenvalue weighted by Crippen LogP contribution is 2.22. The number of benzene rings is 1. The summed E-state index contributed by atoms with van der Waals surface area (Å²) in [7, 11) is 0.